The van der Waals surface area contributed by atoms with Gasteiger partial charge in [-0.1, -0.05) is 12.1 Å². The van der Waals surface area contributed by atoms with Crippen molar-refractivity contribution in [2.45, 2.75) is 19.4 Å². The number of H-pyrrole nitrogens is 1. The molecule has 1 saturated heterocycles. The number of aryl methyl sites for hydroxylation is 1. The number of hydrogen-bond acceptors (Lipinski definition) is 2. The van der Waals surface area contributed by atoms with Gasteiger partial charge in [0.25, 0.3) is 0 Å². The topological polar surface area (TPSA) is 20.7 Å². The van der Waals surface area contributed by atoms with Crippen molar-refractivity contribution >= 4 is 35.0 Å². The number of rotatable bonds is 1. The van der Waals surface area contributed by atoms with Crippen molar-refractivity contribution in [2.24, 2.45) is 0 Å². The zero-order valence-corrected chi connectivity index (χ0v) is 10.8. The van der Waals surface area contributed by atoms with Crippen molar-refractivity contribution in [1.29, 1.82) is 0 Å². The molecule has 1 aliphatic heterocycles. The number of aromatic nitrogens is 2. The summed E-state index contributed by atoms with van der Waals surface area (Å²) in [5, 5.41) is 0. The highest BCUT2D eigenvalue weighted by molar-refractivity contribution is 7.99. The Hall–Kier alpha value is -0.740. The Bertz CT molecular complexity index is 576. The molecule has 0 saturated carbocycles. The lowest BCUT2D eigenvalue weighted by Crippen LogP contribution is -2.08. The van der Waals surface area contributed by atoms with E-state index in [2.05, 4.69) is 34.7 Å². The second-order valence-corrected chi connectivity index (χ2v) is 5.83. The molecule has 1 unspecified atom stereocenters. The fraction of sp³-hybridized carbons (Fsp3) is 0.417. The number of hydrogen-bond donors (Lipinski definition) is 1. The van der Waals surface area contributed by atoms with E-state index in [0.717, 1.165) is 4.77 Å². The molecule has 0 aliphatic carbocycles. The second kappa shape index (κ2) is 3.93. The van der Waals surface area contributed by atoms with Gasteiger partial charge in [0.15, 0.2) is 4.77 Å². The molecule has 1 aliphatic rings. The van der Waals surface area contributed by atoms with E-state index in [0.29, 0.717) is 6.04 Å². The molecular formula is C12H14N2S2. The minimum absolute atomic E-state index is 0.576. The van der Waals surface area contributed by atoms with Crippen LogP contribution in [0.2, 0.25) is 0 Å². The Balaban J connectivity index is 2.29. The van der Waals surface area contributed by atoms with Crippen LogP contribution in [0.15, 0.2) is 18.2 Å². The molecule has 1 N–H and O–H groups in total. The fourth-order valence-electron chi connectivity index (χ4n) is 2.43. The van der Waals surface area contributed by atoms with Crippen molar-refractivity contribution in [3.05, 3.63) is 28.5 Å². The van der Waals surface area contributed by atoms with Gasteiger partial charge in [-0.25, -0.2) is 0 Å². The Morgan fingerprint density at radius 3 is 3.12 bits per heavy atom. The number of fused-ring (bicyclic) bond motifs is 1. The smallest absolute Gasteiger partial charge is 0.178 e. The number of aromatic amines is 1. The lowest BCUT2D eigenvalue weighted by atomic mass is 10.2. The highest BCUT2D eigenvalue weighted by Crippen LogP contribution is 2.32. The van der Waals surface area contributed by atoms with E-state index in [1.165, 1.54) is 34.5 Å². The lowest BCUT2D eigenvalue weighted by molar-refractivity contribution is 0.568. The first kappa shape index (κ1) is 10.4. The summed E-state index contributed by atoms with van der Waals surface area (Å²) >= 11 is 7.47. The van der Waals surface area contributed by atoms with Gasteiger partial charge in [0.05, 0.1) is 11.0 Å². The third-order valence-electron chi connectivity index (χ3n) is 3.21. The molecule has 2 aromatic rings. The van der Waals surface area contributed by atoms with Crippen LogP contribution in [-0.4, -0.2) is 21.1 Å². The summed E-state index contributed by atoms with van der Waals surface area (Å²) in [5.74, 6) is 2.45. The van der Waals surface area contributed by atoms with Gasteiger partial charge >= 0.3 is 0 Å². The van der Waals surface area contributed by atoms with Gasteiger partial charge in [-0.05, 0) is 42.9 Å². The Labute approximate surface area is 104 Å². The predicted octanol–water partition coefficient (Wildman–Crippen LogP) is 3.69. The van der Waals surface area contributed by atoms with Crippen LogP contribution in [0.3, 0.4) is 0 Å². The van der Waals surface area contributed by atoms with Crippen LogP contribution in [0.4, 0.5) is 0 Å². The second-order valence-electron chi connectivity index (χ2n) is 4.29. The zero-order chi connectivity index (χ0) is 11.1. The Morgan fingerprint density at radius 1 is 1.50 bits per heavy atom. The summed E-state index contributed by atoms with van der Waals surface area (Å²) in [6.07, 6.45) is 1.24. The van der Waals surface area contributed by atoms with Crippen LogP contribution in [0.5, 0.6) is 0 Å². The van der Waals surface area contributed by atoms with E-state index in [9.17, 15) is 0 Å². The van der Waals surface area contributed by atoms with Crippen molar-refractivity contribution in [2.75, 3.05) is 11.5 Å². The number of nitrogens with one attached hydrogen (secondary N) is 1. The number of imidazole rings is 1. The predicted molar refractivity (Wildman–Crippen MR) is 72.8 cm³/mol. The number of benzene rings is 1. The first-order valence-corrected chi connectivity index (χ1v) is 7.11. The molecule has 1 aromatic heterocycles. The molecule has 0 radical (unpaired) electrons. The molecule has 0 amide bonds. The van der Waals surface area contributed by atoms with E-state index in [-0.39, 0.29) is 0 Å². The third kappa shape index (κ3) is 1.52. The Morgan fingerprint density at radius 2 is 2.38 bits per heavy atom. The van der Waals surface area contributed by atoms with Crippen LogP contribution in [-0.2, 0) is 0 Å². The van der Waals surface area contributed by atoms with Crippen molar-refractivity contribution in [1.82, 2.24) is 9.55 Å². The number of thioether (sulfide) groups is 1. The molecule has 2 nitrogen and oxygen atoms in total. The average Bonchev–Trinajstić information content (AvgIpc) is 2.84. The van der Waals surface area contributed by atoms with Crippen LogP contribution >= 0.6 is 24.0 Å². The Kier molecular flexibility index (Phi) is 2.56. The van der Waals surface area contributed by atoms with Gasteiger partial charge in [-0.2, -0.15) is 11.8 Å². The first-order chi connectivity index (χ1) is 7.77. The maximum Gasteiger partial charge on any atom is 0.178 e. The van der Waals surface area contributed by atoms with Crippen LogP contribution < -0.4 is 0 Å². The molecule has 1 aromatic carbocycles. The normalized spacial score (nSPS) is 20.7. The fourth-order valence-corrected chi connectivity index (χ4v) is 3.97. The minimum atomic E-state index is 0.576. The molecule has 1 fully saturated rings. The summed E-state index contributed by atoms with van der Waals surface area (Å²) in [6, 6.07) is 6.92. The number of para-hydroxylation sites is 1. The van der Waals surface area contributed by atoms with Gasteiger partial charge in [-0.15, -0.1) is 0 Å². The molecule has 4 heteroatoms. The zero-order valence-electron chi connectivity index (χ0n) is 9.19. The van der Waals surface area contributed by atoms with Gasteiger partial charge in [-0.3, -0.25) is 0 Å². The highest BCUT2D eigenvalue weighted by atomic mass is 32.2. The highest BCUT2D eigenvalue weighted by Gasteiger charge is 2.20. The maximum absolute atomic E-state index is 5.45. The summed E-state index contributed by atoms with van der Waals surface area (Å²) in [7, 11) is 0. The quantitative estimate of drug-likeness (QED) is 0.779. The monoisotopic (exact) mass is 250 g/mol. The van der Waals surface area contributed by atoms with Crippen LogP contribution in [0, 0.1) is 11.7 Å². The summed E-state index contributed by atoms with van der Waals surface area (Å²) in [6.45, 7) is 2.16. The van der Waals surface area contributed by atoms with Gasteiger partial charge in [0.2, 0.25) is 0 Å². The van der Waals surface area contributed by atoms with E-state index in [4.69, 9.17) is 12.2 Å². The van der Waals surface area contributed by atoms with Crippen molar-refractivity contribution in [3.8, 4) is 0 Å². The standard InChI is InChI=1S/C12H14N2S2/c1-8-3-2-4-10-11(8)14(12(15)13-10)9-5-6-16-7-9/h2-4,9H,5-7H2,1H3,(H,13,15). The lowest BCUT2D eigenvalue weighted by Gasteiger charge is -2.12. The summed E-state index contributed by atoms with van der Waals surface area (Å²) in [4.78, 5) is 3.31. The van der Waals surface area contributed by atoms with Crippen LogP contribution in [0.25, 0.3) is 11.0 Å². The van der Waals surface area contributed by atoms with E-state index >= 15 is 0 Å². The third-order valence-corrected chi connectivity index (χ3v) is 4.65. The number of nitrogens with zero attached hydrogens (tertiary/aromatic N) is 1. The molecular weight excluding hydrogens is 236 g/mol. The molecule has 0 bridgehead atoms. The molecule has 2 heterocycles. The van der Waals surface area contributed by atoms with Crippen molar-refractivity contribution < 1.29 is 0 Å². The minimum Gasteiger partial charge on any atom is -0.331 e. The molecule has 84 valence electrons. The maximum atomic E-state index is 5.45. The van der Waals surface area contributed by atoms with E-state index in [1.54, 1.807) is 0 Å². The average molecular weight is 250 g/mol. The van der Waals surface area contributed by atoms with E-state index < -0.39 is 0 Å². The van der Waals surface area contributed by atoms with Crippen LogP contribution in [0.1, 0.15) is 18.0 Å². The summed E-state index contributed by atoms with van der Waals surface area (Å²) < 4.78 is 3.19. The van der Waals surface area contributed by atoms with E-state index in [1.807, 2.05) is 11.8 Å². The first-order valence-electron chi connectivity index (χ1n) is 5.55. The molecule has 0 spiro atoms. The molecule has 3 rings (SSSR count). The molecule has 16 heavy (non-hydrogen) atoms. The SMILES string of the molecule is Cc1cccc2[nH]c(=S)n(C3CCSC3)c12. The van der Waals surface area contributed by atoms with Gasteiger partial charge in [0.1, 0.15) is 0 Å². The van der Waals surface area contributed by atoms with Crippen molar-refractivity contribution in [3.63, 3.8) is 0 Å². The van der Waals surface area contributed by atoms with Gasteiger partial charge < -0.3 is 9.55 Å². The largest absolute Gasteiger partial charge is 0.331 e. The van der Waals surface area contributed by atoms with Gasteiger partial charge in [0, 0.05) is 11.8 Å². The molecule has 1 atom stereocenters. The summed E-state index contributed by atoms with van der Waals surface area (Å²) in [5.41, 5.74) is 3.77.